The third-order valence-electron chi connectivity index (χ3n) is 5.81. The fraction of sp³-hybridized carbons (Fsp3) is 0.192. The Labute approximate surface area is 193 Å². The van der Waals surface area contributed by atoms with Crippen molar-refractivity contribution in [3.63, 3.8) is 0 Å². The lowest BCUT2D eigenvalue weighted by Crippen LogP contribution is -2.54. The molecule has 0 saturated carbocycles. The largest absolute Gasteiger partial charge is 0.317 e. The van der Waals surface area contributed by atoms with Crippen LogP contribution in [0.25, 0.3) is 11.8 Å². The van der Waals surface area contributed by atoms with Gasteiger partial charge in [0.15, 0.2) is 5.11 Å². The van der Waals surface area contributed by atoms with E-state index in [-0.39, 0.29) is 10.7 Å². The lowest BCUT2D eigenvalue weighted by Gasteiger charge is -2.28. The molecular formula is C26H25N3O2S. The second-order valence-electron chi connectivity index (χ2n) is 7.89. The summed E-state index contributed by atoms with van der Waals surface area (Å²) < 4.78 is 2.20. The highest BCUT2D eigenvalue weighted by Gasteiger charge is 2.34. The van der Waals surface area contributed by atoms with Crippen molar-refractivity contribution in [1.82, 2.24) is 9.88 Å². The van der Waals surface area contributed by atoms with Crippen LogP contribution in [0.1, 0.15) is 35.0 Å². The van der Waals surface area contributed by atoms with Crippen LogP contribution in [0, 0.1) is 20.8 Å². The van der Waals surface area contributed by atoms with Crippen molar-refractivity contribution < 1.29 is 9.59 Å². The molecule has 0 bridgehead atoms. The second kappa shape index (κ2) is 8.55. The minimum Gasteiger partial charge on any atom is -0.317 e. The summed E-state index contributed by atoms with van der Waals surface area (Å²) >= 11 is 5.28. The molecule has 2 amide bonds. The molecule has 4 rings (SSSR count). The lowest BCUT2D eigenvalue weighted by molar-refractivity contribution is -0.122. The van der Waals surface area contributed by atoms with Crippen LogP contribution in [0.5, 0.6) is 0 Å². The Morgan fingerprint density at radius 3 is 2.41 bits per heavy atom. The normalized spacial score (nSPS) is 15.4. The Bertz CT molecular complexity index is 1270. The van der Waals surface area contributed by atoms with Gasteiger partial charge in [-0.15, -0.1) is 0 Å². The Hall–Kier alpha value is -3.51. The summed E-state index contributed by atoms with van der Waals surface area (Å²) in [5.74, 6) is -0.915. The molecule has 0 spiro atoms. The summed E-state index contributed by atoms with van der Waals surface area (Å²) in [6.45, 7) is 8.29. The molecule has 1 N–H and O–H groups in total. The van der Waals surface area contributed by atoms with Gasteiger partial charge in [0.25, 0.3) is 11.8 Å². The molecule has 0 aliphatic carbocycles. The predicted octanol–water partition coefficient (Wildman–Crippen LogP) is 4.80. The summed E-state index contributed by atoms with van der Waals surface area (Å²) in [6, 6.07) is 17.4. The summed E-state index contributed by atoms with van der Waals surface area (Å²) in [4.78, 5) is 27.3. The number of nitrogens with one attached hydrogen (secondary N) is 1. The van der Waals surface area contributed by atoms with Gasteiger partial charge in [-0.25, -0.2) is 0 Å². The van der Waals surface area contributed by atoms with Crippen molar-refractivity contribution in [1.29, 1.82) is 0 Å². The molecule has 0 radical (unpaired) electrons. The van der Waals surface area contributed by atoms with Gasteiger partial charge in [-0.05, 0) is 80.4 Å². The highest BCUT2D eigenvalue weighted by Crippen LogP contribution is 2.29. The zero-order valence-corrected chi connectivity index (χ0v) is 19.4. The number of carbonyl (C=O) groups is 2. The predicted molar refractivity (Wildman–Crippen MR) is 132 cm³/mol. The van der Waals surface area contributed by atoms with Crippen LogP contribution in [-0.4, -0.2) is 21.5 Å². The number of amides is 2. The third-order valence-corrected chi connectivity index (χ3v) is 6.10. The Balaban J connectivity index is 1.81. The first-order valence-corrected chi connectivity index (χ1v) is 11.0. The SMILES string of the molecule is CCc1cccc(C)c1-n1c(C)cc(/C=C2\C(=O)NC(=S)N(c3ccccc3)C2=O)c1C. The zero-order valence-electron chi connectivity index (χ0n) is 18.6. The molecule has 32 heavy (non-hydrogen) atoms. The molecule has 0 unspecified atom stereocenters. The van der Waals surface area contributed by atoms with Gasteiger partial charge >= 0.3 is 0 Å². The van der Waals surface area contributed by atoms with E-state index in [1.54, 1.807) is 18.2 Å². The Kier molecular flexibility index (Phi) is 5.80. The maximum absolute atomic E-state index is 13.3. The topological polar surface area (TPSA) is 54.3 Å². The first kappa shape index (κ1) is 21.7. The maximum atomic E-state index is 13.3. The van der Waals surface area contributed by atoms with Crippen LogP contribution < -0.4 is 10.2 Å². The van der Waals surface area contributed by atoms with Crippen molar-refractivity contribution in [2.24, 2.45) is 0 Å². The van der Waals surface area contributed by atoms with Gasteiger partial charge in [-0.1, -0.05) is 43.3 Å². The summed E-state index contributed by atoms with van der Waals surface area (Å²) in [7, 11) is 0. The monoisotopic (exact) mass is 443 g/mol. The van der Waals surface area contributed by atoms with E-state index in [1.165, 1.54) is 16.0 Å². The smallest absolute Gasteiger partial charge is 0.270 e. The molecule has 3 aromatic rings. The van der Waals surface area contributed by atoms with Gasteiger partial charge in [0.2, 0.25) is 0 Å². The minimum absolute atomic E-state index is 0.0585. The number of hydrogen-bond donors (Lipinski definition) is 1. The number of carbonyl (C=O) groups excluding carboxylic acids is 2. The van der Waals surface area contributed by atoms with E-state index in [0.29, 0.717) is 5.69 Å². The van der Waals surface area contributed by atoms with Gasteiger partial charge in [0.05, 0.1) is 11.4 Å². The van der Waals surface area contributed by atoms with Gasteiger partial charge in [-0.3, -0.25) is 19.8 Å². The quantitative estimate of drug-likeness (QED) is 0.358. The van der Waals surface area contributed by atoms with Crippen molar-refractivity contribution >= 4 is 40.9 Å². The number of aromatic nitrogens is 1. The number of anilines is 1. The van der Waals surface area contributed by atoms with E-state index in [0.717, 1.165) is 29.1 Å². The van der Waals surface area contributed by atoms with Crippen molar-refractivity contribution in [3.8, 4) is 5.69 Å². The first-order valence-electron chi connectivity index (χ1n) is 10.6. The summed E-state index contributed by atoms with van der Waals surface area (Å²) in [5, 5.41) is 2.74. The Morgan fingerprint density at radius 2 is 1.72 bits per heavy atom. The average molecular weight is 444 g/mol. The molecule has 1 saturated heterocycles. The molecule has 1 aliphatic heterocycles. The number of para-hydroxylation sites is 2. The Morgan fingerprint density at radius 1 is 1.00 bits per heavy atom. The van der Waals surface area contributed by atoms with Crippen LogP contribution in [0.4, 0.5) is 5.69 Å². The van der Waals surface area contributed by atoms with Crippen molar-refractivity contribution in [3.05, 3.63) is 88.2 Å². The minimum atomic E-state index is -0.484. The van der Waals surface area contributed by atoms with Crippen LogP contribution in [0.2, 0.25) is 0 Å². The molecule has 6 heteroatoms. The molecule has 1 aliphatic rings. The first-order chi connectivity index (χ1) is 15.3. The van der Waals surface area contributed by atoms with E-state index in [2.05, 4.69) is 41.9 Å². The van der Waals surface area contributed by atoms with Crippen molar-refractivity contribution in [2.75, 3.05) is 4.90 Å². The molecule has 2 heterocycles. The lowest BCUT2D eigenvalue weighted by atomic mass is 10.0. The van der Waals surface area contributed by atoms with Gasteiger partial charge < -0.3 is 4.57 Å². The average Bonchev–Trinajstić information content (AvgIpc) is 3.04. The van der Waals surface area contributed by atoms with E-state index in [4.69, 9.17) is 12.2 Å². The number of aryl methyl sites for hydroxylation is 3. The molecule has 1 fully saturated rings. The molecule has 162 valence electrons. The van der Waals surface area contributed by atoms with Gasteiger partial charge in [0.1, 0.15) is 5.57 Å². The van der Waals surface area contributed by atoms with Crippen molar-refractivity contribution in [2.45, 2.75) is 34.1 Å². The van der Waals surface area contributed by atoms with E-state index < -0.39 is 11.8 Å². The zero-order chi connectivity index (χ0) is 23.0. The molecule has 2 aromatic carbocycles. The number of hydrogen-bond acceptors (Lipinski definition) is 3. The second-order valence-corrected chi connectivity index (χ2v) is 8.28. The summed E-state index contributed by atoms with van der Waals surface area (Å²) in [5.41, 5.74) is 7.09. The third kappa shape index (κ3) is 3.67. The standard InChI is InChI=1S/C26H25N3O2S/c1-5-19-11-9-10-16(2)23(19)28-17(3)14-20(18(28)4)15-22-24(30)27-26(32)29(25(22)31)21-12-7-6-8-13-21/h6-15H,5H2,1-4H3,(H,27,30,32)/b22-15+. The molecule has 0 atom stereocenters. The molecule has 1 aromatic heterocycles. The fourth-order valence-corrected chi connectivity index (χ4v) is 4.51. The fourth-order valence-electron chi connectivity index (χ4n) is 4.23. The van der Waals surface area contributed by atoms with Crippen LogP contribution in [0.3, 0.4) is 0 Å². The van der Waals surface area contributed by atoms with Crippen LogP contribution in [-0.2, 0) is 16.0 Å². The number of rotatable bonds is 4. The van der Waals surface area contributed by atoms with Crippen LogP contribution >= 0.6 is 12.2 Å². The van der Waals surface area contributed by atoms with Gasteiger partial charge in [0, 0.05) is 11.4 Å². The number of thiocarbonyl (C=S) groups is 1. The maximum Gasteiger partial charge on any atom is 0.270 e. The highest BCUT2D eigenvalue weighted by molar-refractivity contribution is 7.80. The number of nitrogens with zero attached hydrogens (tertiary/aromatic N) is 2. The van der Waals surface area contributed by atoms with E-state index in [1.807, 2.05) is 38.1 Å². The number of benzene rings is 2. The van der Waals surface area contributed by atoms with E-state index in [9.17, 15) is 9.59 Å². The molecule has 5 nitrogen and oxygen atoms in total. The molecular weight excluding hydrogens is 418 g/mol. The summed E-state index contributed by atoms with van der Waals surface area (Å²) in [6.07, 6.45) is 2.58. The highest BCUT2D eigenvalue weighted by atomic mass is 32.1. The van der Waals surface area contributed by atoms with E-state index >= 15 is 0 Å². The van der Waals surface area contributed by atoms with Crippen LogP contribution in [0.15, 0.2) is 60.2 Å². The van der Waals surface area contributed by atoms with Gasteiger partial charge in [-0.2, -0.15) is 0 Å².